The third-order valence-corrected chi connectivity index (χ3v) is 5.07. The van der Waals surface area contributed by atoms with Crippen LogP contribution in [0.25, 0.3) is 0 Å². The summed E-state index contributed by atoms with van der Waals surface area (Å²) in [7, 11) is 3.92. The first-order valence-corrected chi connectivity index (χ1v) is 8.04. The van der Waals surface area contributed by atoms with E-state index >= 15 is 0 Å². The van der Waals surface area contributed by atoms with Crippen molar-refractivity contribution in [3.63, 3.8) is 0 Å². The molecule has 0 unspecified atom stereocenters. The average Bonchev–Trinajstić information content (AvgIpc) is 2.99. The highest BCUT2D eigenvalue weighted by Crippen LogP contribution is 2.47. The molecule has 0 aromatic rings. The van der Waals surface area contributed by atoms with Crippen molar-refractivity contribution in [1.29, 1.82) is 0 Å². The van der Waals surface area contributed by atoms with Gasteiger partial charge in [-0.3, -0.25) is 14.3 Å². The quantitative estimate of drug-likeness (QED) is 0.317. The lowest BCUT2D eigenvalue weighted by Crippen LogP contribution is -2.61. The molecule has 0 aliphatic carbocycles. The zero-order chi connectivity index (χ0) is 16.9. The lowest BCUT2D eigenvalue weighted by Gasteiger charge is -2.44. The largest absolute Gasteiger partial charge is 0.477 e. The Hall–Kier alpha value is -1.89. The van der Waals surface area contributed by atoms with E-state index in [0.717, 1.165) is 25.1 Å². The van der Waals surface area contributed by atoms with Crippen molar-refractivity contribution in [1.82, 2.24) is 9.80 Å². The van der Waals surface area contributed by atoms with Crippen LogP contribution in [0.15, 0.2) is 11.3 Å². The fraction of sp³-hybridized carbons (Fsp3) is 0.688. The normalized spacial score (nSPS) is 31.1. The van der Waals surface area contributed by atoms with Gasteiger partial charge < -0.3 is 15.1 Å². The van der Waals surface area contributed by atoms with Gasteiger partial charge in [-0.15, -0.1) is 0 Å². The molecular formula is C16H24N3O4+. The summed E-state index contributed by atoms with van der Waals surface area (Å²) in [5.41, 5.74) is 1.03. The first-order chi connectivity index (χ1) is 10.8. The molecule has 0 spiro atoms. The fourth-order valence-corrected chi connectivity index (χ4v) is 4.17. The van der Waals surface area contributed by atoms with Crippen LogP contribution in [0.1, 0.15) is 19.8 Å². The number of rotatable bonds is 4. The minimum absolute atomic E-state index is 0.158. The number of amides is 1. The number of fused-ring (bicyclic) bond motifs is 1. The molecule has 0 saturated carbocycles. The van der Waals surface area contributed by atoms with Crippen LogP contribution in [0.5, 0.6) is 0 Å². The summed E-state index contributed by atoms with van der Waals surface area (Å²) in [6.45, 7) is 3.26. The molecule has 7 nitrogen and oxygen atoms in total. The molecule has 3 aliphatic heterocycles. The van der Waals surface area contributed by atoms with E-state index in [4.69, 9.17) is 0 Å². The molecule has 23 heavy (non-hydrogen) atoms. The third kappa shape index (κ3) is 2.52. The minimum Gasteiger partial charge on any atom is -0.477 e. The Morgan fingerprint density at radius 1 is 1.43 bits per heavy atom. The van der Waals surface area contributed by atoms with E-state index in [-0.39, 0.29) is 23.6 Å². The number of likely N-dealkylation sites (tertiary alicyclic amines) is 1. The maximum Gasteiger partial charge on any atom is 0.352 e. The summed E-state index contributed by atoms with van der Waals surface area (Å²) < 4.78 is 1.98. The predicted octanol–water partition coefficient (Wildman–Crippen LogP) is -0.441. The Kier molecular flexibility index (Phi) is 3.91. The maximum atomic E-state index is 12.2. The topological polar surface area (TPSA) is 84.1 Å². The molecule has 2 fully saturated rings. The minimum atomic E-state index is -1.03. The highest BCUT2D eigenvalue weighted by atomic mass is 16.4. The number of carbonyl (C=O) groups excluding carboxylic acids is 1. The van der Waals surface area contributed by atoms with Gasteiger partial charge in [0.25, 0.3) is 0 Å². The summed E-state index contributed by atoms with van der Waals surface area (Å²) >= 11 is 0. The van der Waals surface area contributed by atoms with Crippen LogP contribution in [0.2, 0.25) is 0 Å². The lowest BCUT2D eigenvalue weighted by molar-refractivity contribution is -0.464. The number of hydrogen-bond acceptors (Lipinski definition) is 3. The number of aliphatic hydroxyl groups is 1. The Bertz CT molecular complexity index is 606. The third-order valence-electron chi connectivity index (χ3n) is 5.07. The van der Waals surface area contributed by atoms with Gasteiger partial charge in [-0.25, -0.2) is 4.79 Å². The van der Waals surface area contributed by atoms with Crippen molar-refractivity contribution in [2.45, 2.75) is 31.9 Å². The summed E-state index contributed by atoms with van der Waals surface area (Å²) in [6, 6.07) is -0.185. The Morgan fingerprint density at radius 3 is 2.70 bits per heavy atom. The van der Waals surface area contributed by atoms with E-state index in [2.05, 4.69) is 4.90 Å². The zero-order valence-corrected chi connectivity index (χ0v) is 13.8. The van der Waals surface area contributed by atoms with Crippen LogP contribution in [0.3, 0.4) is 0 Å². The number of carbonyl (C=O) groups is 2. The number of hydrogen-bond donors (Lipinski definition) is 2. The molecular weight excluding hydrogens is 298 g/mol. The van der Waals surface area contributed by atoms with Gasteiger partial charge >= 0.3 is 5.97 Å². The van der Waals surface area contributed by atoms with Gasteiger partial charge in [-0.1, -0.05) is 0 Å². The van der Waals surface area contributed by atoms with Crippen LogP contribution in [0, 0.1) is 11.8 Å². The predicted molar refractivity (Wildman–Crippen MR) is 82.9 cm³/mol. The molecule has 0 aromatic heterocycles. The van der Waals surface area contributed by atoms with E-state index < -0.39 is 18.0 Å². The van der Waals surface area contributed by atoms with Crippen LogP contribution < -0.4 is 0 Å². The van der Waals surface area contributed by atoms with E-state index in [1.54, 1.807) is 6.92 Å². The SMILES string of the molecule is C[C@@H](O)[C@H]1C(=O)N2C(C(=O)O)=C([C@@H]3CCN(C=[N+](C)C)C3)C[C@H]12. The van der Waals surface area contributed by atoms with Crippen LogP contribution in [-0.2, 0) is 9.59 Å². The van der Waals surface area contributed by atoms with Gasteiger partial charge in [-0.05, 0) is 25.3 Å². The summed E-state index contributed by atoms with van der Waals surface area (Å²) in [4.78, 5) is 27.5. The van der Waals surface area contributed by atoms with Crippen molar-refractivity contribution in [3.8, 4) is 0 Å². The number of aliphatic carboxylic acids is 1. The van der Waals surface area contributed by atoms with Gasteiger partial charge in [-0.2, -0.15) is 0 Å². The maximum absolute atomic E-state index is 12.2. The average molecular weight is 322 g/mol. The van der Waals surface area contributed by atoms with Crippen LogP contribution in [-0.4, -0.2) is 82.1 Å². The molecule has 7 heteroatoms. The molecule has 0 bridgehead atoms. The van der Waals surface area contributed by atoms with Crippen molar-refractivity contribution in [2.24, 2.45) is 11.8 Å². The second kappa shape index (κ2) is 5.63. The number of aliphatic hydroxyl groups excluding tert-OH is 1. The van der Waals surface area contributed by atoms with Gasteiger partial charge in [0.15, 0.2) is 0 Å². The first-order valence-electron chi connectivity index (χ1n) is 8.04. The second-order valence-corrected chi connectivity index (χ2v) is 6.98. The van der Waals surface area contributed by atoms with Crippen molar-refractivity contribution in [3.05, 3.63) is 11.3 Å². The molecule has 0 radical (unpaired) electrons. The molecule has 0 aromatic carbocycles. The van der Waals surface area contributed by atoms with Crippen LogP contribution >= 0.6 is 0 Å². The van der Waals surface area contributed by atoms with Gasteiger partial charge in [0.1, 0.15) is 5.70 Å². The van der Waals surface area contributed by atoms with Gasteiger partial charge in [0, 0.05) is 5.92 Å². The number of carboxylic acid groups (broad SMARTS) is 1. The number of nitrogens with zero attached hydrogens (tertiary/aromatic N) is 3. The summed E-state index contributed by atoms with van der Waals surface area (Å²) in [5.74, 6) is -1.60. The highest BCUT2D eigenvalue weighted by molar-refractivity contribution is 5.99. The standard InChI is InChI=1S/C16H23N3O4/c1-9(20)13-12-6-11(14(16(22)23)19(12)15(13)21)10-4-5-18(7-10)8-17(2)3/h8-10,12-13,20H,4-7H2,1-3H3/p+1/t9-,10-,12-,13-/m1/s1. The van der Waals surface area contributed by atoms with Crippen molar-refractivity contribution in [2.75, 3.05) is 27.2 Å². The Morgan fingerprint density at radius 2 is 2.13 bits per heavy atom. The summed E-state index contributed by atoms with van der Waals surface area (Å²) in [6.07, 6.45) is 2.75. The molecule has 3 aliphatic rings. The van der Waals surface area contributed by atoms with Crippen molar-refractivity contribution < 1.29 is 24.4 Å². The van der Waals surface area contributed by atoms with E-state index in [1.807, 2.05) is 25.0 Å². The Labute approximate surface area is 135 Å². The molecule has 126 valence electrons. The number of carboxylic acids is 1. The monoisotopic (exact) mass is 322 g/mol. The molecule has 4 atom stereocenters. The first kappa shape index (κ1) is 16.0. The molecule has 3 heterocycles. The Balaban J connectivity index is 1.83. The summed E-state index contributed by atoms with van der Waals surface area (Å²) in [5, 5.41) is 19.4. The number of β-lactam (4-membered cyclic amide) rings is 1. The molecule has 3 rings (SSSR count). The lowest BCUT2D eigenvalue weighted by atomic mass is 9.82. The van der Waals surface area contributed by atoms with Crippen LogP contribution in [0.4, 0.5) is 0 Å². The zero-order valence-electron chi connectivity index (χ0n) is 13.8. The van der Waals surface area contributed by atoms with Gasteiger partial charge in [0.05, 0.1) is 45.2 Å². The molecule has 2 saturated heterocycles. The van der Waals surface area contributed by atoms with E-state index in [9.17, 15) is 19.8 Å². The molecule has 2 N–H and O–H groups in total. The van der Waals surface area contributed by atoms with Crippen molar-refractivity contribution >= 4 is 18.2 Å². The fourth-order valence-electron chi connectivity index (χ4n) is 4.17. The molecule has 1 amide bonds. The highest BCUT2D eigenvalue weighted by Gasteiger charge is 2.57. The van der Waals surface area contributed by atoms with E-state index in [0.29, 0.717) is 6.42 Å². The van der Waals surface area contributed by atoms with Gasteiger partial charge in [0.2, 0.25) is 12.2 Å². The smallest absolute Gasteiger partial charge is 0.352 e. The van der Waals surface area contributed by atoms with E-state index in [1.165, 1.54) is 4.90 Å². The second-order valence-electron chi connectivity index (χ2n) is 6.98.